The summed E-state index contributed by atoms with van der Waals surface area (Å²) >= 11 is 0.713. The van der Waals surface area contributed by atoms with Crippen molar-refractivity contribution in [3.63, 3.8) is 0 Å². The van der Waals surface area contributed by atoms with E-state index in [4.69, 9.17) is 4.74 Å². The van der Waals surface area contributed by atoms with E-state index in [1.54, 1.807) is 0 Å². The summed E-state index contributed by atoms with van der Waals surface area (Å²) in [6.45, 7) is 4.05. The Balaban J connectivity index is 1.71. The van der Waals surface area contributed by atoms with E-state index in [1.165, 1.54) is 18.2 Å². The van der Waals surface area contributed by atoms with Crippen molar-refractivity contribution in [1.29, 1.82) is 0 Å². The summed E-state index contributed by atoms with van der Waals surface area (Å²) in [5.41, 5.74) is 1.61. The first kappa shape index (κ1) is 20.4. The Morgan fingerprint density at radius 2 is 2.00 bits per heavy atom. The lowest BCUT2D eigenvalue weighted by Gasteiger charge is -2.14. The van der Waals surface area contributed by atoms with Crippen molar-refractivity contribution in [2.45, 2.75) is 13.8 Å². The molecule has 2 aromatic rings. The van der Waals surface area contributed by atoms with Crippen molar-refractivity contribution in [3.05, 3.63) is 68.1 Å². The van der Waals surface area contributed by atoms with Crippen molar-refractivity contribution < 1.29 is 24.4 Å². The van der Waals surface area contributed by atoms with Crippen molar-refractivity contribution in [2.24, 2.45) is 0 Å². The summed E-state index contributed by atoms with van der Waals surface area (Å²) < 4.78 is 5.70. The summed E-state index contributed by atoms with van der Waals surface area (Å²) in [5.74, 6) is -0.396. The number of nitro benzene ring substituents is 1. The van der Waals surface area contributed by atoms with Crippen LogP contribution in [0.1, 0.15) is 16.7 Å². The van der Waals surface area contributed by atoms with Crippen LogP contribution < -0.4 is 4.74 Å². The minimum atomic E-state index is -0.719. The molecule has 9 heteroatoms. The number of aryl methyl sites for hydroxylation is 2. The number of rotatable bonds is 6. The van der Waals surface area contributed by atoms with Gasteiger partial charge in [0.25, 0.3) is 11.1 Å². The van der Waals surface area contributed by atoms with Crippen LogP contribution in [0.5, 0.6) is 11.5 Å². The van der Waals surface area contributed by atoms with Gasteiger partial charge in [0.1, 0.15) is 12.4 Å². The zero-order chi connectivity index (χ0) is 21.1. The minimum Gasteiger partial charge on any atom is -0.502 e. The van der Waals surface area contributed by atoms with Gasteiger partial charge in [0.05, 0.1) is 16.4 Å². The van der Waals surface area contributed by atoms with Crippen LogP contribution in [0.2, 0.25) is 0 Å². The van der Waals surface area contributed by atoms with E-state index in [0.717, 1.165) is 22.1 Å². The fraction of sp³-hybridized carbons (Fsp3) is 0.200. The Hall–Kier alpha value is -3.33. The number of hydrogen-bond acceptors (Lipinski definition) is 7. The normalized spacial score (nSPS) is 15.2. The van der Waals surface area contributed by atoms with Gasteiger partial charge in [-0.3, -0.25) is 24.6 Å². The van der Waals surface area contributed by atoms with E-state index < -0.39 is 27.5 Å². The summed E-state index contributed by atoms with van der Waals surface area (Å²) in [5, 5.41) is 20.5. The number of thioether (sulfide) groups is 1. The number of imide groups is 1. The molecule has 0 spiro atoms. The fourth-order valence-corrected chi connectivity index (χ4v) is 3.61. The van der Waals surface area contributed by atoms with E-state index >= 15 is 0 Å². The Kier molecular flexibility index (Phi) is 5.88. The van der Waals surface area contributed by atoms with Gasteiger partial charge in [-0.1, -0.05) is 24.3 Å². The molecule has 0 atom stereocenters. The summed E-state index contributed by atoms with van der Waals surface area (Å²) in [7, 11) is 0. The highest BCUT2D eigenvalue weighted by molar-refractivity contribution is 8.18. The summed E-state index contributed by atoms with van der Waals surface area (Å²) in [6, 6.07) is 9.76. The number of phenolic OH excluding ortho intramolecular Hbond substituents is 1. The quantitative estimate of drug-likeness (QED) is 0.432. The Morgan fingerprint density at radius 1 is 1.24 bits per heavy atom. The van der Waals surface area contributed by atoms with Crippen LogP contribution in [0.4, 0.5) is 10.5 Å². The third-order valence-corrected chi connectivity index (χ3v) is 5.23. The lowest BCUT2D eigenvalue weighted by molar-refractivity contribution is -0.385. The number of nitrogens with zero attached hydrogens (tertiary/aromatic N) is 2. The molecule has 0 aromatic heterocycles. The number of hydrogen-bond donors (Lipinski definition) is 1. The molecule has 1 saturated heterocycles. The molecule has 3 rings (SSSR count). The third-order valence-electron chi connectivity index (χ3n) is 4.32. The van der Waals surface area contributed by atoms with Gasteiger partial charge in [-0.2, -0.15) is 0 Å². The molecular formula is C20H18N2O6S. The van der Waals surface area contributed by atoms with E-state index in [9.17, 15) is 24.8 Å². The maximum absolute atomic E-state index is 12.6. The number of carbonyl (C=O) groups is 2. The van der Waals surface area contributed by atoms with Gasteiger partial charge in [-0.05, 0) is 48.9 Å². The number of nitro groups is 1. The minimum absolute atomic E-state index is 0.0658. The topological polar surface area (TPSA) is 110 Å². The number of carbonyl (C=O) groups excluding carboxylic acids is 2. The van der Waals surface area contributed by atoms with Crippen LogP contribution in [-0.2, 0) is 4.79 Å². The average molecular weight is 414 g/mol. The number of benzene rings is 2. The van der Waals surface area contributed by atoms with Crippen LogP contribution >= 0.6 is 11.8 Å². The van der Waals surface area contributed by atoms with Crippen molar-refractivity contribution in [1.82, 2.24) is 4.90 Å². The highest BCUT2D eigenvalue weighted by atomic mass is 32.2. The SMILES string of the molecule is Cc1ccc(C)c(OCCN2C(=O)S/C(=C\c3cccc([N+](=O)[O-])c3O)C2=O)c1. The number of aromatic hydroxyl groups is 1. The average Bonchev–Trinajstić information content (AvgIpc) is 2.93. The molecule has 2 amide bonds. The second kappa shape index (κ2) is 8.36. The molecule has 150 valence electrons. The second-order valence-corrected chi connectivity index (χ2v) is 7.42. The monoisotopic (exact) mass is 414 g/mol. The predicted octanol–water partition coefficient (Wildman–Crippen LogP) is 4.03. The highest BCUT2D eigenvalue weighted by Crippen LogP contribution is 2.36. The van der Waals surface area contributed by atoms with Gasteiger partial charge in [0.2, 0.25) is 5.75 Å². The largest absolute Gasteiger partial charge is 0.502 e. The molecule has 29 heavy (non-hydrogen) atoms. The first-order valence-corrected chi connectivity index (χ1v) is 9.51. The number of para-hydroxylation sites is 1. The summed E-state index contributed by atoms with van der Waals surface area (Å²) in [6.07, 6.45) is 1.28. The summed E-state index contributed by atoms with van der Waals surface area (Å²) in [4.78, 5) is 36.1. The van der Waals surface area contributed by atoms with Gasteiger partial charge < -0.3 is 9.84 Å². The van der Waals surface area contributed by atoms with Crippen LogP contribution in [0.3, 0.4) is 0 Å². The third kappa shape index (κ3) is 4.40. The Bertz CT molecular complexity index is 1030. The molecule has 1 aliphatic heterocycles. The first-order valence-electron chi connectivity index (χ1n) is 8.69. The molecule has 1 aliphatic rings. The molecular weight excluding hydrogens is 396 g/mol. The number of phenols is 1. The lowest BCUT2D eigenvalue weighted by Crippen LogP contribution is -2.32. The van der Waals surface area contributed by atoms with E-state index in [1.807, 2.05) is 32.0 Å². The maximum atomic E-state index is 12.6. The number of amides is 2. The van der Waals surface area contributed by atoms with Crippen molar-refractivity contribution in [3.8, 4) is 11.5 Å². The van der Waals surface area contributed by atoms with Crippen LogP contribution in [-0.4, -0.2) is 39.2 Å². The molecule has 2 aromatic carbocycles. The van der Waals surface area contributed by atoms with Gasteiger partial charge in [-0.15, -0.1) is 0 Å². The fourth-order valence-electron chi connectivity index (χ4n) is 2.76. The molecule has 0 aliphatic carbocycles. The lowest BCUT2D eigenvalue weighted by atomic mass is 10.1. The standard InChI is InChI=1S/C20H18N2O6S/c1-12-6-7-13(2)16(10-12)28-9-8-21-19(24)17(29-20(21)25)11-14-4-3-5-15(18(14)23)22(26)27/h3-7,10-11,23H,8-9H2,1-2H3/b17-11-. The van der Waals surface area contributed by atoms with Crippen LogP contribution in [0.15, 0.2) is 41.3 Å². The maximum Gasteiger partial charge on any atom is 0.311 e. The molecule has 0 saturated carbocycles. The van der Waals surface area contributed by atoms with E-state index in [0.29, 0.717) is 17.5 Å². The van der Waals surface area contributed by atoms with Crippen LogP contribution in [0.25, 0.3) is 6.08 Å². The van der Waals surface area contributed by atoms with Crippen LogP contribution in [0, 0.1) is 24.0 Å². The van der Waals surface area contributed by atoms with E-state index in [2.05, 4.69) is 0 Å². The molecule has 1 N–H and O–H groups in total. The van der Waals surface area contributed by atoms with Gasteiger partial charge in [0.15, 0.2) is 0 Å². The van der Waals surface area contributed by atoms with Crippen molar-refractivity contribution in [2.75, 3.05) is 13.2 Å². The smallest absolute Gasteiger partial charge is 0.311 e. The predicted molar refractivity (Wildman–Crippen MR) is 109 cm³/mol. The molecule has 0 unspecified atom stereocenters. The molecule has 1 fully saturated rings. The molecule has 0 bridgehead atoms. The van der Waals surface area contributed by atoms with E-state index in [-0.39, 0.29) is 23.6 Å². The zero-order valence-corrected chi connectivity index (χ0v) is 16.6. The second-order valence-electron chi connectivity index (χ2n) is 6.42. The number of ether oxygens (including phenoxy) is 1. The molecule has 1 heterocycles. The Labute approximate surface area is 170 Å². The zero-order valence-electron chi connectivity index (χ0n) is 15.7. The van der Waals surface area contributed by atoms with Gasteiger partial charge >= 0.3 is 5.69 Å². The molecule has 8 nitrogen and oxygen atoms in total. The molecule has 0 radical (unpaired) electrons. The Morgan fingerprint density at radius 3 is 2.72 bits per heavy atom. The highest BCUT2D eigenvalue weighted by Gasteiger charge is 2.35. The first-order chi connectivity index (χ1) is 13.8. The van der Waals surface area contributed by atoms with Gasteiger partial charge in [-0.25, -0.2) is 0 Å². The van der Waals surface area contributed by atoms with Crippen molar-refractivity contribution >= 4 is 34.7 Å². The van der Waals surface area contributed by atoms with Gasteiger partial charge in [0, 0.05) is 11.6 Å².